The van der Waals surface area contributed by atoms with E-state index in [-0.39, 0.29) is 18.0 Å². The van der Waals surface area contributed by atoms with Gasteiger partial charge in [0.15, 0.2) is 5.65 Å². The fraction of sp³-hybridized carbons (Fsp3) is 0.321. The minimum Gasteiger partial charge on any atom is -0.355 e. The normalized spacial score (nSPS) is 16.6. The molecule has 180 valence electrons. The van der Waals surface area contributed by atoms with Crippen LogP contribution < -0.4 is 10.6 Å². The largest absolute Gasteiger partial charge is 0.355 e. The second-order valence-corrected chi connectivity index (χ2v) is 9.37. The van der Waals surface area contributed by atoms with Crippen LogP contribution in [0.5, 0.6) is 0 Å². The summed E-state index contributed by atoms with van der Waals surface area (Å²) in [4.78, 5) is 22.7. The van der Waals surface area contributed by atoms with Crippen molar-refractivity contribution in [1.29, 1.82) is 0 Å². The van der Waals surface area contributed by atoms with Crippen LogP contribution in [0.3, 0.4) is 0 Å². The number of benzene rings is 2. The Morgan fingerprint density at radius 2 is 1.91 bits per heavy atom. The summed E-state index contributed by atoms with van der Waals surface area (Å²) in [5.74, 6) is 0.940. The Labute approximate surface area is 206 Å². The SMILES string of the molecule is CC[C@@H](c1cc2nc(N3CC[C@H](N)C3)c(C)cn2n1)N(C)C(=O)c1ccccc1-c1ccccc1. The van der Waals surface area contributed by atoms with Crippen molar-refractivity contribution in [2.24, 2.45) is 5.73 Å². The second kappa shape index (κ2) is 9.50. The van der Waals surface area contributed by atoms with Crippen molar-refractivity contribution < 1.29 is 4.79 Å². The molecule has 0 bridgehead atoms. The summed E-state index contributed by atoms with van der Waals surface area (Å²) in [7, 11) is 1.86. The predicted octanol–water partition coefficient (Wildman–Crippen LogP) is 4.47. The molecule has 0 spiro atoms. The van der Waals surface area contributed by atoms with E-state index in [1.807, 2.05) is 78.4 Å². The van der Waals surface area contributed by atoms with Gasteiger partial charge in [0.2, 0.25) is 0 Å². The van der Waals surface area contributed by atoms with E-state index in [0.29, 0.717) is 5.56 Å². The number of hydrogen-bond acceptors (Lipinski definition) is 5. The molecule has 35 heavy (non-hydrogen) atoms. The van der Waals surface area contributed by atoms with Crippen molar-refractivity contribution in [3.63, 3.8) is 0 Å². The number of anilines is 1. The quantitative estimate of drug-likeness (QED) is 0.452. The highest BCUT2D eigenvalue weighted by Gasteiger charge is 2.27. The molecule has 1 fully saturated rings. The van der Waals surface area contributed by atoms with Crippen LogP contribution >= 0.6 is 0 Å². The molecular weight excluding hydrogens is 436 g/mol. The van der Waals surface area contributed by atoms with Gasteiger partial charge in [0.1, 0.15) is 5.82 Å². The first kappa shape index (κ1) is 23.1. The number of fused-ring (bicyclic) bond motifs is 1. The molecule has 1 saturated heterocycles. The van der Waals surface area contributed by atoms with Crippen LogP contribution in [0, 0.1) is 6.92 Å². The molecule has 2 aromatic heterocycles. The molecule has 3 heterocycles. The zero-order valence-corrected chi connectivity index (χ0v) is 20.6. The van der Waals surface area contributed by atoms with E-state index in [2.05, 4.69) is 18.7 Å². The fourth-order valence-corrected chi connectivity index (χ4v) is 5.03. The van der Waals surface area contributed by atoms with Gasteiger partial charge >= 0.3 is 0 Å². The van der Waals surface area contributed by atoms with Crippen molar-refractivity contribution in [2.45, 2.75) is 38.8 Å². The predicted molar refractivity (Wildman–Crippen MR) is 140 cm³/mol. The van der Waals surface area contributed by atoms with E-state index in [9.17, 15) is 4.79 Å². The molecule has 1 aliphatic rings. The minimum atomic E-state index is -0.169. The molecule has 1 aliphatic heterocycles. The number of rotatable bonds is 6. The van der Waals surface area contributed by atoms with Crippen molar-refractivity contribution in [1.82, 2.24) is 19.5 Å². The van der Waals surface area contributed by atoms with E-state index >= 15 is 0 Å². The van der Waals surface area contributed by atoms with Gasteiger partial charge in [-0.2, -0.15) is 5.10 Å². The van der Waals surface area contributed by atoms with E-state index < -0.39 is 0 Å². The van der Waals surface area contributed by atoms with Gasteiger partial charge in [-0.3, -0.25) is 4.79 Å². The zero-order chi connectivity index (χ0) is 24.5. The van der Waals surface area contributed by atoms with E-state index in [0.717, 1.165) is 59.8 Å². The summed E-state index contributed by atoms with van der Waals surface area (Å²) in [6, 6.07) is 19.8. The Hall–Kier alpha value is -3.71. The molecule has 2 atom stereocenters. The number of nitrogens with zero attached hydrogens (tertiary/aromatic N) is 5. The highest BCUT2D eigenvalue weighted by Crippen LogP contribution is 2.30. The highest BCUT2D eigenvalue weighted by molar-refractivity contribution is 6.01. The molecule has 7 heteroatoms. The number of amides is 1. The molecule has 1 amide bonds. The first-order chi connectivity index (χ1) is 17.0. The number of hydrogen-bond donors (Lipinski definition) is 1. The third-order valence-electron chi connectivity index (χ3n) is 6.91. The van der Waals surface area contributed by atoms with Gasteiger partial charge in [0, 0.05) is 49.6 Å². The van der Waals surface area contributed by atoms with Crippen LogP contribution in [-0.2, 0) is 0 Å². The highest BCUT2D eigenvalue weighted by atomic mass is 16.2. The maximum atomic E-state index is 13.7. The van der Waals surface area contributed by atoms with Gasteiger partial charge < -0.3 is 15.5 Å². The summed E-state index contributed by atoms with van der Waals surface area (Å²) in [5.41, 5.74) is 11.4. The van der Waals surface area contributed by atoms with Crippen molar-refractivity contribution in [3.8, 4) is 11.1 Å². The zero-order valence-electron chi connectivity index (χ0n) is 20.6. The van der Waals surface area contributed by atoms with E-state index in [4.69, 9.17) is 15.8 Å². The van der Waals surface area contributed by atoms with Crippen LogP contribution in [0.4, 0.5) is 5.82 Å². The van der Waals surface area contributed by atoms with Crippen LogP contribution in [0.1, 0.15) is 47.4 Å². The lowest BCUT2D eigenvalue weighted by Gasteiger charge is -2.27. The fourth-order valence-electron chi connectivity index (χ4n) is 5.03. The minimum absolute atomic E-state index is 0.0238. The van der Waals surface area contributed by atoms with Crippen LogP contribution in [-0.4, -0.2) is 51.6 Å². The number of nitrogens with two attached hydrogens (primary N) is 1. The molecule has 0 aliphatic carbocycles. The topological polar surface area (TPSA) is 79.8 Å². The standard InChI is InChI=1S/C28H32N6O/c1-4-25(32(3)28(35)23-13-9-8-12-22(23)20-10-6-5-7-11-20)24-16-26-30-27(19(2)17-34(26)31-24)33-15-14-21(29)18-33/h5-13,16-17,21,25H,4,14-15,18,29H2,1-3H3/t21-,25-/m0/s1. The smallest absolute Gasteiger partial charge is 0.254 e. The summed E-state index contributed by atoms with van der Waals surface area (Å²) in [6.45, 7) is 5.88. The van der Waals surface area contributed by atoms with Gasteiger partial charge in [-0.1, -0.05) is 55.5 Å². The van der Waals surface area contributed by atoms with Crippen LogP contribution in [0.2, 0.25) is 0 Å². The molecule has 0 unspecified atom stereocenters. The molecule has 7 nitrogen and oxygen atoms in total. The van der Waals surface area contributed by atoms with E-state index in [1.165, 1.54) is 0 Å². The molecule has 4 aromatic rings. The number of aromatic nitrogens is 3. The summed E-state index contributed by atoms with van der Waals surface area (Å²) in [6.07, 6.45) is 3.74. The molecule has 0 saturated carbocycles. The van der Waals surface area contributed by atoms with Crippen molar-refractivity contribution in [3.05, 3.63) is 83.7 Å². The molecule has 2 N–H and O–H groups in total. The van der Waals surface area contributed by atoms with Crippen molar-refractivity contribution in [2.75, 3.05) is 25.0 Å². The summed E-state index contributed by atoms with van der Waals surface area (Å²) < 4.78 is 1.82. The number of aryl methyl sites for hydroxylation is 1. The number of carbonyl (C=O) groups excluding carboxylic acids is 1. The third kappa shape index (κ3) is 4.39. The summed E-state index contributed by atoms with van der Waals surface area (Å²) in [5, 5.41) is 4.82. The van der Waals surface area contributed by atoms with Gasteiger partial charge in [-0.05, 0) is 37.0 Å². The lowest BCUT2D eigenvalue weighted by Crippen LogP contribution is -2.31. The first-order valence-electron chi connectivity index (χ1n) is 12.2. The average Bonchev–Trinajstić information content (AvgIpc) is 3.49. The lowest BCUT2D eigenvalue weighted by atomic mass is 9.98. The second-order valence-electron chi connectivity index (χ2n) is 9.37. The Morgan fingerprint density at radius 3 is 2.63 bits per heavy atom. The summed E-state index contributed by atoms with van der Waals surface area (Å²) >= 11 is 0. The molecule has 5 rings (SSSR count). The van der Waals surface area contributed by atoms with Crippen LogP contribution in [0.15, 0.2) is 66.9 Å². The maximum Gasteiger partial charge on any atom is 0.254 e. The average molecular weight is 469 g/mol. The first-order valence-corrected chi connectivity index (χ1v) is 12.2. The van der Waals surface area contributed by atoms with Crippen molar-refractivity contribution >= 4 is 17.4 Å². The lowest BCUT2D eigenvalue weighted by molar-refractivity contribution is 0.0723. The Morgan fingerprint density at radius 1 is 1.17 bits per heavy atom. The van der Waals surface area contributed by atoms with Gasteiger partial charge in [-0.25, -0.2) is 9.50 Å². The van der Waals surface area contributed by atoms with Gasteiger partial charge in [0.05, 0.1) is 11.7 Å². The Bertz CT molecular complexity index is 1350. The molecule has 0 radical (unpaired) electrons. The third-order valence-corrected chi connectivity index (χ3v) is 6.91. The van der Waals surface area contributed by atoms with Gasteiger partial charge in [-0.15, -0.1) is 0 Å². The van der Waals surface area contributed by atoms with Crippen LogP contribution in [0.25, 0.3) is 16.8 Å². The van der Waals surface area contributed by atoms with Gasteiger partial charge in [0.25, 0.3) is 5.91 Å². The molecule has 2 aromatic carbocycles. The monoisotopic (exact) mass is 468 g/mol. The Balaban J connectivity index is 1.46. The van der Waals surface area contributed by atoms with E-state index in [1.54, 1.807) is 4.90 Å². The maximum absolute atomic E-state index is 13.7. The number of carbonyl (C=O) groups is 1. The Kier molecular flexibility index (Phi) is 6.26. The molecular formula is C28H32N6O.